The Kier molecular flexibility index (Phi) is 6.30. The maximum absolute atomic E-state index is 12.0. The molecule has 2 unspecified atom stereocenters. The summed E-state index contributed by atoms with van der Waals surface area (Å²) in [5, 5.41) is 5.45. The first-order valence-electron chi connectivity index (χ1n) is 7.67. The van der Waals surface area contributed by atoms with Gasteiger partial charge in [-0.15, -0.1) is 0 Å². The number of likely N-dealkylation sites (tertiary alicyclic amines) is 1. The number of ether oxygens (including phenoxy) is 1. The van der Waals surface area contributed by atoms with E-state index in [0.29, 0.717) is 24.9 Å². The van der Waals surface area contributed by atoms with Gasteiger partial charge in [0.05, 0.1) is 0 Å². The topological polar surface area (TPSA) is 70.7 Å². The van der Waals surface area contributed by atoms with E-state index in [-0.39, 0.29) is 6.03 Å². The summed E-state index contributed by atoms with van der Waals surface area (Å²) < 4.78 is 5.12. The molecule has 2 N–H and O–H groups in total. The highest BCUT2D eigenvalue weighted by Gasteiger charge is 2.25. The molecule has 0 radical (unpaired) electrons. The molecule has 1 rings (SSSR count). The van der Waals surface area contributed by atoms with Crippen LogP contribution in [0.25, 0.3) is 0 Å². The Bertz CT molecular complexity index is 356. The molecule has 1 saturated heterocycles. The molecule has 6 heteroatoms. The highest BCUT2D eigenvalue weighted by molar-refractivity contribution is 5.74. The molecule has 2 atom stereocenters. The predicted octanol–water partition coefficient (Wildman–Crippen LogP) is 2.20. The minimum Gasteiger partial charge on any atom is -0.444 e. The van der Waals surface area contributed by atoms with E-state index >= 15 is 0 Å². The maximum Gasteiger partial charge on any atom is 0.407 e. The normalized spacial score (nSPS) is 22.6. The Morgan fingerprint density at radius 2 is 1.62 bits per heavy atom. The molecular weight excluding hydrogens is 270 g/mol. The molecular formula is C15H29N3O3. The van der Waals surface area contributed by atoms with Crippen LogP contribution in [0.5, 0.6) is 0 Å². The zero-order valence-corrected chi connectivity index (χ0v) is 13.9. The van der Waals surface area contributed by atoms with Crippen molar-refractivity contribution in [3.8, 4) is 0 Å². The van der Waals surface area contributed by atoms with E-state index in [1.54, 1.807) is 0 Å². The van der Waals surface area contributed by atoms with Gasteiger partial charge in [-0.1, -0.05) is 13.8 Å². The van der Waals surface area contributed by atoms with E-state index in [1.165, 1.54) is 6.42 Å². The molecule has 3 amide bonds. The fourth-order valence-corrected chi connectivity index (χ4v) is 2.59. The number of nitrogens with one attached hydrogen (secondary N) is 2. The summed E-state index contributed by atoms with van der Waals surface area (Å²) in [6.45, 7) is 12.1. The average Bonchev–Trinajstić information content (AvgIpc) is 2.31. The largest absolute Gasteiger partial charge is 0.444 e. The van der Waals surface area contributed by atoms with Gasteiger partial charge in [0.2, 0.25) is 0 Å². The Morgan fingerprint density at radius 1 is 1.10 bits per heavy atom. The third kappa shape index (κ3) is 7.20. The van der Waals surface area contributed by atoms with E-state index in [2.05, 4.69) is 24.5 Å². The number of hydrogen-bond acceptors (Lipinski definition) is 3. The second kappa shape index (κ2) is 7.52. The van der Waals surface area contributed by atoms with Gasteiger partial charge in [-0.2, -0.15) is 0 Å². The minimum absolute atomic E-state index is 0.0561. The van der Waals surface area contributed by atoms with Crippen molar-refractivity contribution in [2.45, 2.75) is 46.6 Å². The van der Waals surface area contributed by atoms with Crippen molar-refractivity contribution in [1.82, 2.24) is 15.5 Å². The molecule has 1 fully saturated rings. The second-order valence-corrected chi connectivity index (χ2v) is 7.01. The molecule has 1 aliphatic rings. The van der Waals surface area contributed by atoms with Crippen molar-refractivity contribution < 1.29 is 14.3 Å². The summed E-state index contributed by atoms with van der Waals surface area (Å²) in [5.41, 5.74) is -0.507. The van der Waals surface area contributed by atoms with Crippen LogP contribution >= 0.6 is 0 Å². The van der Waals surface area contributed by atoms with Gasteiger partial charge < -0.3 is 20.3 Å². The summed E-state index contributed by atoms with van der Waals surface area (Å²) in [7, 11) is 0. The van der Waals surface area contributed by atoms with Gasteiger partial charge in [-0.05, 0) is 39.0 Å². The monoisotopic (exact) mass is 299 g/mol. The predicted molar refractivity (Wildman–Crippen MR) is 82.2 cm³/mol. The first-order chi connectivity index (χ1) is 9.67. The second-order valence-electron chi connectivity index (χ2n) is 7.01. The lowest BCUT2D eigenvalue weighted by atomic mass is 9.92. The zero-order chi connectivity index (χ0) is 16.0. The number of alkyl carbamates (subject to hydrolysis) is 1. The minimum atomic E-state index is -0.507. The van der Waals surface area contributed by atoms with Crippen LogP contribution in [0, 0.1) is 11.8 Å². The summed E-state index contributed by atoms with van der Waals surface area (Å²) >= 11 is 0. The summed E-state index contributed by atoms with van der Waals surface area (Å²) in [6, 6.07) is -0.0561. The number of carbonyl (C=O) groups excluding carboxylic acids is 2. The number of piperidine rings is 1. The van der Waals surface area contributed by atoms with Gasteiger partial charge in [0.15, 0.2) is 0 Å². The van der Waals surface area contributed by atoms with Gasteiger partial charge in [-0.3, -0.25) is 0 Å². The van der Waals surface area contributed by atoms with Crippen molar-refractivity contribution >= 4 is 12.1 Å². The average molecular weight is 299 g/mol. The third-order valence-corrected chi connectivity index (χ3v) is 3.23. The van der Waals surface area contributed by atoms with Crippen LogP contribution in [-0.2, 0) is 4.74 Å². The Morgan fingerprint density at radius 3 is 2.14 bits per heavy atom. The van der Waals surface area contributed by atoms with E-state index in [0.717, 1.165) is 13.1 Å². The van der Waals surface area contributed by atoms with Gasteiger partial charge in [0.1, 0.15) is 5.60 Å². The van der Waals surface area contributed by atoms with Crippen molar-refractivity contribution in [2.75, 3.05) is 26.2 Å². The van der Waals surface area contributed by atoms with Crippen LogP contribution in [0.1, 0.15) is 41.0 Å². The molecule has 6 nitrogen and oxygen atoms in total. The van der Waals surface area contributed by atoms with E-state index in [4.69, 9.17) is 4.74 Å². The zero-order valence-electron chi connectivity index (χ0n) is 13.9. The maximum atomic E-state index is 12.0. The first-order valence-corrected chi connectivity index (χ1v) is 7.67. The number of urea groups is 1. The molecule has 0 aromatic rings. The molecule has 0 aromatic heterocycles. The Hall–Kier alpha value is -1.46. The first kappa shape index (κ1) is 17.6. The smallest absolute Gasteiger partial charge is 0.407 e. The lowest BCUT2D eigenvalue weighted by Crippen LogP contribution is -2.49. The lowest BCUT2D eigenvalue weighted by molar-refractivity contribution is 0.0528. The quantitative estimate of drug-likeness (QED) is 0.785. The van der Waals surface area contributed by atoms with Crippen molar-refractivity contribution in [2.24, 2.45) is 11.8 Å². The molecule has 1 heterocycles. The van der Waals surface area contributed by atoms with E-state index in [1.807, 2.05) is 25.7 Å². The van der Waals surface area contributed by atoms with Gasteiger partial charge in [0.25, 0.3) is 0 Å². The molecule has 0 spiro atoms. The molecule has 1 aliphatic heterocycles. The fourth-order valence-electron chi connectivity index (χ4n) is 2.59. The number of amides is 3. The lowest BCUT2D eigenvalue weighted by Gasteiger charge is -2.34. The molecule has 21 heavy (non-hydrogen) atoms. The number of carbonyl (C=O) groups is 2. The molecule has 0 aliphatic carbocycles. The van der Waals surface area contributed by atoms with Crippen LogP contribution in [0.4, 0.5) is 9.59 Å². The standard InChI is InChI=1S/C15H29N3O3/c1-11-8-12(2)10-18(9-11)13(19)16-6-7-17-14(20)21-15(3,4)5/h11-12H,6-10H2,1-5H3,(H,16,19)(H,17,20). The Balaban J connectivity index is 2.20. The van der Waals surface area contributed by atoms with Crippen LogP contribution in [0.15, 0.2) is 0 Å². The van der Waals surface area contributed by atoms with Crippen LogP contribution in [0.3, 0.4) is 0 Å². The SMILES string of the molecule is CC1CC(C)CN(C(=O)NCCNC(=O)OC(C)(C)C)C1. The summed E-state index contributed by atoms with van der Waals surface area (Å²) in [5.74, 6) is 1.08. The third-order valence-electron chi connectivity index (χ3n) is 3.23. The number of hydrogen-bond donors (Lipinski definition) is 2. The molecule has 122 valence electrons. The number of rotatable bonds is 3. The van der Waals surface area contributed by atoms with E-state index in [9.17, 15) is 9.59 Å². The van der Waals surface area contributed by atoms with Crippen LogP contribution < -0.4 is 10.6 Å². The van der Waals surface area contributed by atoms with E-state index < -0.39 is 11.7 Å². The van der Waals surface area contributed by atoms with Gasteiger partial charge in [0, 0.05) is 26.2 Å². The summed E-state index contributed by atoms with van der Waals surface area (Å²) in [4.78, 5) is 25.3. The van der Waals surface area contributed by atoms with Gasteiger partial charge in [-0.25, -0.2) is 9.59 Å². The molecule has 0 bridgehead atoms. The van der Waals surface area contributed by atoms with Crippen molar-refractivity contribution in [1.29, 1.82) is 0 Å². The van der Waals surface area contributed by atoms with Crippen molar-refractivity contribution in [3.05, 3.63) is 0 Å². The van der Waals surface area contributed by atoms with Gasteiger partial charge >= 0.3 is 12.1 Å². The highest BCUT2D eigenvalue weighted by Crippen LogP contribution is 2.20. The Labute approximate surface area is 127 Å². The van der Waals surface area contributed by atoms with Crippen LogP contribution in [0.2, 0.25) is 0 Å². The fraction of sp³-hybridized carbons (Fsp3) is 0.867. The molecule has 0 aromatic carbocycles. The van der Waals surface area contributed by atoms with Crippen LogP contribution in [-0.4, -0.2) is 48.8 Å². The van der Waals surface area contributed by atoms with Crippen molar-refractivity contribution in [3.63, 3.8) is 0 Å². The number of nitrogens with zero attached hydrogens (tertiary/aromatic N) is 1. The summed E-state index contributed by atoms with van der Waals surface area (Å²) in [6.07, 6.45) is 0.709. The molecule has 0 saturated carbocycles. The highest BCUT2D eigenvalue weighted by atomic mass is 16.6.